The number of nitrogens with zero attached hydrogens (tertiary/aromatic N) is 9. The van der Waals surface area contributed by atoms with Gasteiger partial charge >= 0.3 is 0 Å². The van der Waals surface area contributed by atoms with Crippen molar-refractivity contribution < 1.29 is 4.42 Å². The molecule has 0 atom stereocenters. The van der Waals surface area contributed by atoms with Crippen molar-refractivity contribution in [2.75, 3.05) is 0 Å². The van der Waals surface area contributed by atoms with Crippen LogP contribution in [0.15, 0.2) is 459 Å². The maximum atomic E-state index is 6.36. The molecule has 3 aliphatic rings. The third-order valence-electron chi connectivity index (χ3n) is 31.1. The summed E-state index contributed by atoms with van der Waals surface area (Å²) in [6.07, 6.45) is 0. The normalized spacial score (nSPS) is 13.2. The van der Waals surface area contributed by atoms with Crippen LogP contribution < -0.4 is 20.7 Å². The maximum Gasteiger partial charge on any atom is 0.164 e. The molecule has 150 heavy (non-hydrogen) atoms. The van der Waals surface area contributed by atoms with Crippen molar-refractivity contribution in [3.05, 3.63) is 466 Å². The first-order chi connectivity index (χ1) is 73.6. The van der Waals surface area contributed by atoms with E-state index in [4.69, 9.17) is 49.3 Å². The topological polar surface area (TPSA) is 129 Å². The van der Waals surface area contributed by atoms with Crippen molar-refractivity contribution in [2.24, 2.45) is 0 Å². The molecule has 0 N–H and O–H groups in total. The van der Waals surface area contributed by atoms with E-state index in [0.717, 1.165) is 83.1 Å². The Balaban J connectivity index is 0.000000108. The molecule has 1 aliphatic carbocycles. The molecule has 0 spiro atoms. The summed E-state index contributed by atoms with van der Waals surface area (Å²) < 4.78 is 11.6. The molecule has 14 heteroatoms. The van der Waals surface area contributed by atoms with Crippen LogP contribution in [0.25, 0.3) is 264 Å². The van der Waals surface area contributed by atoms with E-state index in [9.17, 15) is 0 Å². The molecule has 0 amide bonds. The fraction of sp³-hybridized carbons (Fsp3) is 0.0515. The summed E-state index contributed by atoms with van der Waals surface area (Å²) in [6, 6.07) is 162. The van der Waals surface area contributed by atoms with Crippen molar-refractivity contribution in [1.82, 2.24) is 44.9 Å². The predicted molar refractivity (Wildman–Crippen MR) is 632 cm³/mol. The van der Waals surface area contributed by atoms with Gasteiger partial charge in [-0.25, -0.2) is 44.9 Å². The van der Waals surface area contributed by atoms with Gasteiger partial charge in [0.05, 0.1) is 0 Å². The van der Waals surface area contributed by atoms with Crippen LogP contribution in [-0.2, 0) is 5.41 Å². The van der Waals surface area contributed by atoms with Gasteiger partial charge in [0.1, 0.15) is 27.3 Å². The average molecular weight is 1990 g/mol. The molecule has 21 aromatic carbocycles. The van der Waals surface area contributed by atoms with E-state index in [0.29, 0.717) is 52.4 Å². The molecule has 30 rings (SSSR count). The number of hydrogen-bond acceptors (Lipinski definition) is 12. The van der Waals surface area contributed by atoms with E-state index in [-0.39, 0.29) is 5.41 Å². The highest BCUT2D eigenvalue weighted by Crippen LogP contribution is 2.52. The van der Waals surface area contributed by atoms with Gasteiger partial charge in [0.15, 0.2) is 52.4 Å². The van der Waals surface area contributed by atoms with E-state index >= 15 is 0 Å². The van der Waals surface area contributed by atoms with Crippen LogP contribution in [-0.4, -0.2) is 61.0 Å². The SMILES string of the molecule is CC1(C)c2ccccc2-c2ccc(-c3nc(-c4ccccc4)nc(-c4ccc(-c5cccc6sc7ccc8ccccc8c7c56)cc4)n3)cc21.C[Si]1(C)c2ccccc2-c2ccc(-c3nc(-c4ccccc4)nc(-c4ccc(-c5cccc6oc7ccc8ccccc8c7c56)cc4)n3)cc21.C[Si]1(C)c2ccccc2-c2ccc(-c3nc(-c4ccccc4)nc(-c4ccc(-c5cccc6sc7ccc8ccccc8c7c56)cc4)n3)cc21. The minimum Gasteiger partial charge on any atom is -0.456 e. The molecule has 27 aromatic rings. The van der Waals surface area contributed by atoms with Crippen molar-refractivity contribution in [3.8, 4) is 169 Å². The van der Waals surface area contributed by atoms with Gasteiger partial charge in [-0.1, -0.05) is 453 Å². The Bertz CT molecular complexity index is 9270. The van der Waals surface area contributed by atoms with Crippen molar-refractivity contribution in [1.29, 1.82) is 0 Å². The lowest BCUT2D eigenvalue weighted by atomic mass is 9.82. The number of furan rings is 1. The van der Waals surface area contributed by atoms with E-state index < -0.39 is 16.1 Å². The number of thiophene rings is 2. The summed E-state index contributed by atoms with van der Waals surface area (Å²) >= 11 is 3.72. The molecule has 0 saturated carbocycles. The van der Waals surface area contributed by atoms with Gasteiger partial charge in [-0.05, 0) is 173 Å². The zero-order chi connectivity index (χ0) is 100. The van der Waals surface area contributed by atoms with E-state index in [2.05, 4.69) is 440 Å². The van der Waals surface area contributed by atoms with Gasteiger partial charge in [0.2, 0.25) is 0 Å². The molecule has 10 nitrogen and oxygen atoms in total. The largest absolute Gasteiger partial charge is 0.456 e. The first-order valence-electron chi connectivity index (χ1n) is 51.1. The molecule has 0 fully saturated rings. The lowest BCUT2D eigenvalue weighted by Gasteiger charge is -2.21. The van der Waals surface area contributed by atoms with E-state index in [1.54, 1.807) is 0 Å². The van der Waals surface area contributed by atoms with E-state index in [1.807, 2.05) is 77.3 Å². The second-order valence-electron chi connectivity index (χ2n) is 40.9. The highest BCUT2D eigenvalue weighted by Gasteiger charge is 2.41. The molecule has 0 radical (unpaired) electrons. The standard InChI is InChI=1S/C46H31N3S.C45H31N3OSi.C45H31N3SSi/c1-46(2)37-17-9-8-15-35(37)36-25-23-32(27-38(36)46)45-48-43(30-12-4-3-5-13-30)47-44(49-45)31-21-19-29(20-22-31)34-16-10-18-39-41(34)42-33-14-7-6-11-28(33)24-26-40(42)50-39;2*1-50(2)39-18-9-8-15-35(39)36-25-23-32(27-40(36)50)45-47-43(30-12-4-3-5-13-30)46-44(48-45)31-21-19-29(20-22-31)34-16-10-17-37-41(34)42-33-14-7-6-11-28(33)24-26-38(42)49-37/h3*3-27H,1-2H3. The van der Waals surface area contributed by atoms with Crippen molar-refractivity contribution >= 4 is 154 Å². The van der Waals surface area contributed by atoms with Gasteiger partial charge in [-0.15, -0.1) is 22.7 Å². The molecule has 6 aromatic heterocycles. The fourth-order valence-electron chi connectivity index (χ4n) is 23.5. The number of hydrogen-bond donors (Lipinski definition) is 0. The van der Waals surface area contributed by atoms with Crippen LogP contribution in [0.4, 0.5) is 0 Å². The van der Waals surface area contributed by atoms with Crippen molar-refractivity contribution in [3.63, 3.8) is 0 Å². The lowest BCUT2D eigenvalue weighted by molar-refractivity contribution is 0.660. The predicted octanol–water partition coefficient (Wildman–Crippen LogP) is 33.6. The molecular formula is C136H93N9OS2Si2. The highest BCUT2D eigenvalue weighted by atomic mass is 32.1. The third-order valence-corrected chi connectivity index (χ3v) is 40.4. The monoisotopic (exact) mass is 1990 g/mol. The first kappa shape index (κ1) is 89.7. The zero-order valence-electron chi connectivity index (χ0n) is 83.1. The Morgan fingerprint density at radius 3 is 0.887 bits per heavy atom. The number of rotatable bonds is 12. The smallest absolute Gasteiger partial charge is 0.164 e. The number of fused-ring (bicyclic) bond motifs is 24. The average Bonchev–Trinajstić information content (AvgIpc) is 1.57. The second kappa shape index (κ2) is 35.8. The minimum absolute atomic E-state index is 0.112. The van der Waals surface area contributed by atoms with Gasteiger partial charge in [-0.2, -0.15) is 0 Å². The minimum atomic E-state index is -1.86. The summed E-state index contributed by atoms with van der Waals surface area (Å²) in [5.41, 5.74) is 28.2. The summed E-state index contributed by atoms with van der Waals surface area (Å²) in [4.78, 5) is 45.6. The summed E-state index contributed by atoms with van der Waals surface area (Å²) in [7, 11) is -3.72. The molecule has 0 unspecified atom stereocenters. The highest BCUT2D eigenvalue weighted by molar-refractivity contribution is 7.26. The summed E-state index contributed by atoms with van der Waals surface area (Å²) in [6.45, 7) is 14.4. The number of benzene rings is 21. The third kappa shape index (κ3) is 15.2. The van der Waals surface area contributed by atoms with Crippen LogP contribution in [0.2, 0.25) is 26.2 Å². The Labute approximate surface area is 877 Å². The van der Waals surface area contributed by atoms with Crippen LogP contribution in [0.3, 0.4) is 0 Å². The van der Waals surface area contributed by atoms with Gasteiger partial charge < -0.3 is 4.42 Å². The molecule has 8 heterocycles. The summed E-state index contributed by atoms with van der Waals surface area (Å²) in [5, 5.41) is 20.9. The maximum absolute atomic E-state index is 6.36. The van der Waals surface area contributed by atoms with Gasteiger partial charge in [-0.3, -0.25) is 0 Å². The molecule has 0 bridgehead atoms. The zero-order valence-corrected chi connectivity index (χ0v) is 86.7. The van der Waals surface area contributed by atoms with Crippen molar-refractivity contribution in [2.45, 2.75) is 45.5 Å². The number of aromatic nitrogens is 9. The molecular weight excluding hydrogens is 1900 g/mol. The lowest BCUT2D eigenvalue weighted by Crippen LogP contribution is -2.49. The van der Waals surface area contributed by atoms with Crippen LogP contribution >= 0.6 is 22.7 Å². The molecule has 708 valence electrons. The van der Waals surface area contributed by atoms with Crippen LogP contribution in [0.1, 0.15) is 25.0 Å². The Kier molecular flexibility index (Phi) is 21.4. The van der Waals surface area contributed by atoms with Crippen LogP contribution in [0, 0.1) is 0 Å². The fourth-order valence-corrected chi connectivity index (χ4v) is 32.0. The van der Waals surface area contributed by atoms with Gasteiger partial charge in [0, 0.05) is 107 Å². The molecule has 2 aliphatic heterocycles. The van der Waals surface area contributed by atoms with Gasteiger partial charge in [0.25, 0.3) is 0 Å². The second-order valence-corrected chi connectivity index (χ2v) is 51.7. The Morgan fingerprint density at radius 2 is 0.467 bits per heavy atom. The quantitative estimate of drug-likeness (QED) is 0.109. The summed E-state index contributed by atoms with van der Waals surface area (Å²) in [5.74, 6) is 6.05. The van der Waals surface area contributed by atoms with E-state index in [1.165, 1.54) is 160 Å². The Morgan fingerprint density at radius 1 is 0.187 bits per heavy atom. The molecule has 0 saturated heterocycles. The Hall–Kier alpha value is -17.9. The first-order valence-corrected chi connectivity index (χ1v) is 58.7. The van der Waals surface area contributed by atoms with Crippen LogP contribution in [0.5, 0.6) is 0 Å².